The van der Waals surface area contributed by atoms with E-state index in [1.807, 2.05) is 0 Å². The minimum atomic E-state index is 0.250. The highest BCUT2D eigenvalue weighted by Gasteiger charge is 2.29. The average molecular weight is 760 g/mol. The van der Waals surface area contributed by atoms with Crippen molar-refractivity contribution in [3.8, 4) is 11.4 Å². The Morgan fingerprint density at radius 3 is 1.87 bits per heavy atom. The van der Waals surface area contributed by atoms with E-state index in [1.165, 1.54) is 126 Å². The van der Waals surface area contributed by atoms with Gasteiger partial charge in [-0.05, 0) is 123 Å². The predicted octanol–water partition coefficient (Wildman–Crippen LogP) is 11.7. The number of allylic oxidation sites excluding steroid dienone is 4. The second-order valence-corrected chi connectivity index (χ2v) is 15.9. The van der Waals surface area contributed by atoms with Gasteiger partial charge in [-0.1, -0.05) is 81.0 Å². The Balaban J connectivity index is 0.000000164. The molecule has 1 aliphatic heterocycles. The monoisotopic (exact) mass is 759 g/mol. The number of alkyl halides is 1. The Morgan fingerprint density at radius 1 is 0.709 bits per heavy atom. The van der Waals surface area contributed by atoms with E-state index in [0.29, 0.717) is 5.92 Å². The van der Waals surface area contributed by atoms with Crippen molar-refractivity contribution < 1.29 is 19.2 Å². The first-order valence-electron chi connectivity index (χ1n) is 20.3. The standard InChI is InChI=1S/C23H28ClN.C22H26N2.2CO2/c1-17-12-13-20-21(16-17)25(15-7-14-24)23(19-10-5-6-11-19)22(20)18-8-3-2-4-9-18;1-16-10-11-18-20(15-16)24-14-6-13-23-12-5-9-19(23)22(24)21(18)17-7-3-2-4-8-17;2*2-1-3/h5-6,10,12-13,16,18H,2-4,7-9,11,14-15H2,1H3;5,9-12,15,17H,2-4,6-8,13-14H2,1H3;;. The first-order chi connectivity index (χ1) is 26.9. The Bertz CT molecular complexity index is 2200. The van der Waals surface area contributed by atoms with E-state index in [-0.39, 0.29) is 12.3 Å². The summed E-state index contributed by atoms with van der Waals surface area (Å²) >= 11 is 6.06. The second kappa shape index (κ2) is 19.3. The number of hydrogen-bond donors (Lipinski definition) is 0. The molecule has 8 heteroatoms. The van der Waals surface area contributed by atoms with Gasteiger partial charge in [0.25, 0.3) is 0 Å². The van der Waals surface area contributed by atoms with Gasteiger partial charge in [-0.2, -0.15) is 19.2 Å². The number of aryl methyl sites for hydroxylation is 5. The summed E-state index contributed by atoms with van der Waals surface area (Å²) in [6, 6.07) is 18.7. The number of carbonyl (C=O) groups excluding carboxylic acids is 4. The van der Waals surface area contributed by atoms with Crippen molar-refractivity contribution in [2.45, 2.75) is 129 Å². The maximum Gasteiger partial charge on any atom is 0.373 e. The summed E-state index contributed by atoms with van der Waals surface area (Å²) in [5, 5.41) is 2.99. The van der Waals surface area contributed by atoms with Crippen molar-refractivity contribution in [1.82, 2.24) is 13.7 Å². The summed E-state index contributed by atoms with van der Waals surface area (Å²) in [6.07, 6.45) is 26.7. The summed E-state index contributed by atoms with van der Waals surface area (Å²) in [6.45, 7) is 7.72. The van der Waals surface area contributed by atoms with Gasteiger partial charge in [-0.3, -0.25) is 0 Å². The third-order valence-corrected chi connectivity index (χ3v) is 12.3. The van der Waals surface area contributed by atoms with Crippen LogP contribution in [0.1, 0.15) is 123 Å². The van der Waals surface area contributed by atoms with Gasteiger partial charge in [0.2, 0.25) is 0 Å². The minimum Gasteiger partial charge on any atom is -0.346 e. The van der Waals surface area contributed by atoms with Crippen LogP contribution < -0.4 is 0 Å². The number of hydrogen-bond acceptors (Lipinski definition) is 4. The Kier molecular flexibility index (Phi) is 14.0. The van der Waals surface area contributed by atoms with Crippen molar-refractivity contribution in [2.75, 3.05) is 5.88 Å². The van der Waals surface area contributed by atoms with Crippen molar-refractivity contribution in [2.24, 2.45) is 0 Å². The van der Waals surface area contributed by atoms with Gasteiger partial charge in [0, 0.05) is 59.2 Å². The molecule has 288 valence electrons. The Morgan fingerprint density at radius 2 is 1.29 bits per heavy atom. The lowest BCUT2D eigenvalue weighted by atomic mass is 9.81. The van der Waals surface area contributed by atoms with Crippen LogP contribution in [-0.4, -0.2) is 31.9 Å². The second-order valence-electron chi connectivity index (χ2n) is 15.5. The highest BCUT2D eigenvalue weighted by molar-refractivity contribution is 6.17. The fourth-order valence-electron chi connectivity index (χ4n) is 9.73. The van der Waals surface area contributed by atoms with Gasteiger partial charge in [0.1, 0.15) is 0 Å². The minimum absolute atomic E-state index is 0.250. The van der Waals surface area contributed by atoms with Crippen LogP contribution in [0.5, 0.6) is 0 Å². The first kappa shape index (κ1) is 40.0. The molecule has 0 saturated heterocycles. The van der Waals surface area contributed by atoms with Crippen LogP contribution in [-0.2, 0) is 38.8 Å². The van der Waals surface area contributed by atoms with E-state index in [2.05, 4.69) is 101 Å². The molecule has 3 aliphatic carbocycles. The lowest BCUT2D eigenvalue weighted by Crippen LogP contribution is -2.09. The van der Waals surface area contributed by atoms with Gasteiger partial charge in [0.15, 0.2) is 0 Å². The van der Waals surface area contributed by atoms with E-state index in [0.717, 1.165) is 44.3 Å². The number of benzene rings is 2. The quantitative estimate of drug-likeness (QED) is 0.161. The number of halogens is 1. The van der Waals surface area contributed by atoms with E-state index < -0.39 is 0 Å². The lowest BCUT2D eigenvalue weighted by Gasteiger charge is -2.24. The van der Waals surface area contributed by atoms with Gasteiger partial charge in [-0.25, -0.2) is 0 Å². The fourth-order valence-corrected chi connectivity index (χ4v) is 9.85. The molecule has 7 nitrogen and oxygen atoms in total. The molecule has 0 unspecified atom stereocenters. The molecule has 0 amide bonds. The van der Waals surface area contributed by atoms with Gasteiger partial charge < -0.3 is 13.7 Å². The van der Waals surface area contributed by atoms with Gasteiger partial charge in [-0.15, -0.1) is 11.6 Å². The van der Waals surface area contributed by atoms with E-state index in [1.54, 1.807) is 11.1 Å². The summed E-state index contributed by atoms with van der Waals surface area (Å²) < 4.78 is 7.68. The number of aromatic nitrogens is 3. The number of rotatable bonds is 6. The van der Waals surface area contributed by atoms with Crippen LogP contribution in [0.2, 0.25) is 0 Å². The maximum absolute atomic E-state index is 8.12. The van der Waals surface area contributed by atoms with E-state index in [9.17, 15) is 0 Å². The molecule has 0 N–H and O–H groups in total. The van der Waals surface area contributed by atoms with Crippen molar-refractivity contribution >= 4 is 51.3 Å². The Hall–Kier alpha value is -4.67. The zero-order chi connectivity index (χ0) is 38.7. The molecule has 2 fully saturated rings. The van der Waals surface area contributed by atoms with Crippen LogP contribution in [0.25, 0.3) is 38.8 Å². The van der Waals surface area contributed by atoms with Crippen LogP contribution in [0.15, 0.2) is 73.0 Å². The van der Waals surface area contributed by atoms with E-state index in [4.69, 9.17) is 30.8 Å². The van der Waals surface area contributed by atoms with Crippen molar-refractivity contribution in [3.05, 3.63) is 101 Å². The number of fused-ring (bicyclic) bond motifs is 6. The van der Waals surface area contributed by atoms with Crippen LogP contribution in [0.3, 0.4) is 0 Å². The highest BCUT2D eigenvalue weighted by atomic mass is 35.5. The van der Waals surface area contributed by atoms with Crippen LogP contribution in [0, 0.1) is 13.8 Å². The molecule has 55 heavy (non-hydrogen) atoms. The van der Waals surface area contributed by atoms with Crippen LogP contribution >= 0.6 is 11.6 Å². The van der Waals surface area contributed by atoms with Gasteiger partial charge >= 0.3 is 12.3 Å². The van der Waals surface area contributed by atoms with Crippen LogP contribution in [0.4, 0.5) is 0 Å². The average Bonchev–Trinajstić information content (AvgIpc) is 3.99. The normalized spacial score (nSPS) is 16.6. The third kappa shape index (κ3) is 8.76. The molecule has 4 heterocycles. The molecule has 0 spiro atoms. The SMILES string of the molecule is Cc1ccc2c(C3CCCCC3)c(C3=CC=CC3)n(CCCCl)c2c1.Cc1ccc2c(C3CCCCC3)c3n(c2c1)CCCn1cccc1-3.O=C=O.O=C=O. The Labute approximate surface area is 330 Å². The zero-order valence-electron chi connectivity index (χ0n) is 32.5. The summed E-state index contributed by atoms with van der Waals surface area (Å²) in [7, 11) is 0. The molecule has 0 atom stereocenters. The maximum atomic E-state index is 8.12. The summed E-state index contributed by atoms with van der Waals surface area (Å²) in [5.41, 5.74) is 14.8. The molecule has 3 aromatic heterocycles. The largest absolute Gasteiger partial charge is 0.373 e. The molecular weight excluding hydrogens is 706 g/mol. The van der Waals surface area contributed by atoms with Crippen molar-refractivity contribution in [1.29, 1.82) is 0 Å². The molecule has 5 aromatic rings. The highest BCUT2D eigenvalue weighted by Crippen LogP contribution is 2.46. The number of nitrogens with zero attached hydrogens (tertiary/aromatic N) is 3. The zero-order valence-corrected chi connectivity index (χ0v) is 33.2. The topological polar surface area (TPSA) is 83.1 Å². The molecule has 4 aliphatic rings. The van der Waals surface area contributed by atoms with E-state index >= 15 is 0 Å². The smallest absolute Gasteiger partial charge is 0.346 e. The molecule has 2 aromatic carbocycles. The third-order valence-electron chi connectivity index (χ3n) is 12.0. The first-order valence-corrected chi connectivity index (χ1v) is 20.8. The summed E-state index contributed by atoms with van der Waals surface area (Å²) in [5.74, 6) is 2.18. The van der Waals surface area contributed by atoms with Crippen molar-refractivity contribution in [3.63, 3.8) is 0 Å². The molecule has 0 radical (unpaired) electrons. The molecule has 9 rings (SSSR count). The molecule has 0 bridgehead atoms. The predicted molar refractivity (Wildman–Crippen MR) is 220 cm³/mol. The fraction of sp³-hybridized carbons (Fsp3) is 0.447. The molecule has 2 saturated carbocycles. The summed E-state index contributed by atoms with van der Waals surface area (Å²) in [4.78, 5) is 32.5. The molecular formula is C47H54ClN3O4. The van der Waals surface area contributed by atoms with Gasteiger partial charge in [0.05, 0.1) is 11.4 Å². The lowest BCUT2D eigenvalue weighted by molar-refractivity contribution is -0.193.